The second kappa shape index (κ2) is 10.9. The van der Waals surface area contributed by atoms with Crippen molar-refractivity contribution < 1.29 is 32.9 Å². The Morgan fingerprint density at radius 1 is 1.07 bits per heavy atom. The van der Waals surface area contributed by atoms with Crippen molar-refractivity contribution in [1.82, 2.24) is 4.90 Å². The van der Waals surface area contributed by atoms with E-state index in [1.165, 1.54) is 18.6 Å². The number of benzene rings is 3. The summed E-state index contributed by atoms with van der Waals surface area (Å²) in [5.74, 6) is 0.969. The fraction of sp³-hybridized carbons (Fsp3) is 0.355. The molecule has 3 unspecified atom stereocenters. The highest BCUT2D eigenvalue weighted by Gasteiger charge is 2.37. The lowest BCUT2D eigenvalue weighted by molar-refractivity contribution is -0.138. The van der Waals surface area contributed by atoms with E-state index in [2.05, 4.69) is 18.7 Å². The molecule has 0 amide bonds. The van der Waals surface area contributed by atoms with Crippen molar-refractivity contribution >= 4 is 22.7 Å². The third kappa shape index (κ3) is 5.60. The van der Waals surface area contributed by atoms with Crippen molar-refractivity contribution in [1.29, 1.82) is 0 Å². The van der Waals surface area contributed by atoms with Gasteiger partial charge in [0.1, 0.15) is 35.7 Å². The predicted molar refractivity (Wildman–Crippen MR) is 149 cm³/mol. The summed E-state index contributed by atoms with van der Waals surface area (Å²) in [6, 6.07) is 14.1. The lowest BCUT2D eigenvalue weighted by atomic mass is 9.85. The molecule has 0 radical (unpaired) electrons. The van der Waals surface area contributed by atoms with Crippen molar-refractivity contribution in [3.8, 4) is 23.0 Å². The van der Waals surface area contributed by atoms with Gasteiger partial charge in [0.2, 0.25) is 0 Å². The van der Waals surface area contributed by atoms with Crippen molar-refractivity contribution in [3.05, 3.63) is 81.9 Å². The van der Waals surface area contributed by atoms with Gasteiger partial charge in [-0.25, -0.2) is 0 Å². The largest absolute Gasteiger partial charge is 0.508 e. The molecule has 3 aromatic rings. The summed E-state index contributed by atoms with van der Waals surface area (Å²) >= 11 is 6.40. The van der Waals surface area contributed by atoms with Crippen molar-refractivity contribution in [3.63, 3.8) is 0 Å². The quantitative estimate of drug-likeness (QED) is 0.313. The topological polar surface area (TPSA) is 62.2 Å². The van der Waals surface area contributed by atoms with Crippen LogP contribution < -0.4 is 9.47 Å². The van der Waals surface area contributed by atoms with E-state index in [4.69, 9.17) is 21.1 Å². The molecule has 2 aliphatic rings. The average Bonchev–Trinajstić information content (AvgIpc) is 3.35. The molecule has 0 bridgehead atoms. The maximum Gasteiger partial charge on any atom is 0.420 e. The van der Waals surface area contributed by atoms with Crippen molar-refractivity contribution in [2.45, 2.75) is 45.5 Å². The zero-order valence-corrected chi connectivity index (χ0v) is 23.2. The van der Waals surface area contributed by atoms with Crippen molar-refractivity contribution in [2.75, 3.05) is 19.7 Å². The minimum absolute atomic E-state index is 0.0139. The van der Waals surface area contributed by atoms with Crippen LogP contribution in [0.3, 0.4) is 0 Å². The highest BCUT2D eigenvalue weighted by Crippen LogP contribution is 2.50. The van der Waals surface area contributed by atoms with Crippen LogP contribution in [0.4, 0.5) is 13.2 Å². The van der Waals surface area contributed by atoms with Gasteiger partial charge in [-0.05, 0) is 86.3 Å². The molecule has 40 heavy (non-hydrogen) atoms. The van der Waals surface area contributed by atoms with E-state index < -0.39 is 23.6 Å². The van der Waals surface area contributed by atoms with Crippen LogP contribution >= 0.6 is 11.6 Å². The van der Waals surface area contributed by atoms with Gasteiger partial charge in [-0.1, -0.05) is 30.7 Å². The van der Waals surface area contributed by atoms with Gasteiger partial charge in [-0.2, -0.15) is 13.2 Å². The summed E-state index contributed by atoms with van der Waals surface area (Å²) in [5.41, 5.74) is 1.42. The number of halogens is 4. The molecular formula is C31H31ClF3NO4. The van der Waals surface area contributed by atoms with Gasteiger partial charge in [0.25, 0.3) is 0 Å². The van der Waals surface area contributed by atoms with E-state index in [0.717, 1.165) is 30.8 Å². The summed E-state index contributed by atoms with van der Waals surface area (Å²) in [5, 5.41) is 20.2. The zero-order chi connectivity index (χ0) is 28.8. The molecule has 1 saturated heterocycles. The number of allylic oxidation sites excluding steroid dienone is 1. The number of likely N-dealkylation sites (tertiary alicyclic amines) is 1. The Bertz CT molecular complexity index is 1440. The number of ether oxygens (including phenoxy) is 2. The normalized spacial score (nSPS) is 20.3. The molecule has 212 valence electrons. The molecule has 2 N–H and O–H groups in total. The number of nitrogens with zero attached hydrogens (tertiary/aromatic N) is 1. The fourth-order valence-electron chi connectivity index (χ4n) is 5.45. The summed E-state index contributed by atoms with van der Waals surface area (Å²) < 4.78 is 52.7. The number of hydrogen-bond acceptors (Lipinski definition) is 5. The smallest absolute Gasteiger partial charge is 0.420 e. The molecule has 5 rings (SSSR count). The maximum atomic E-state index is 13.4. The number of phenolic OH excluding ortho intramolecular Hbond substituents is 2. The van der Waals surface area contributed by atoms with Gasteiger partial charge >= 0.3 is 6.18 Å². The number of alkyl halides is 3. The van der Waals surface area contributed by atoms with Crippen LogP contribution in [0, 0.1) is 5.92 Å². The molecule has 9 heteroatoms. The van der Waals surface area contributed by atoms with E-state index in [1.54, 1.807) is 13.0 Å². The van der Waals surface area contributed by atoms with E-state index >= 15 is 0 Å². The van der Waals surface area contributed by atoms with Crippen LogP contribution in [-0.2, 0) is 6.18 Å². The average molecular weight is 574 g/mol. The molecule has 0 aromatic heterocycles. The Hall–Kier alpha value is -3.36. The highest BCUT2D eigenvalue weighted by molar-refractivity contribution is 6.33. The van der Waals surface area contributed by atoms with Crippen LogP contribution in [0.2, 0.25) is 5.02 Å². The van der Waals surface area contributed by atoms with E-state index in [9.17, 15) is 23.4 Å². The second-order valence-electron chi connectivity index (χ2n) is 10.7. The monoisotopic (exact) mass is 573 g/mol. The molecule has 3 aromatic carbocycles. The van der Waals surface area contributed by atoms with Crippen LogP contribution in [-0.4, -0.2) is 40.9 Å². The first-order chi connectivity index (χ1) is 18.9. The first-order valence-corrected chi connectivity index (χ1v) is 13.6. The standard InChI is InChI=1S/C31H31ClF3NO4/c1-17-10-11-36(15-17)18(2)16-39-22-7-4-20(5-8-22)30-29(19(3)23-12-21(37)6-9-28(23)40-30)24-13-27(38)25(14-26(24)32)31(33,34)35/h4-9,12-14,17-18,30,37-38H,10-11,15-16H2,1-3H3. The van der Waals surface area contributed by atoms with Crippen LogP contribution in [0.25, 0.3) is 11.1 Å². The first kappa shape index (κ1) is 28.2. The predicted octanol–water partition coefficient (Wildman–Crippen LogP) is 7.94. The number of rotatable bonds is 6. The van der Waals surface area contributed by atoms with Crippen LogP contribution in [0.1, 0.15) is 55.5 Å². The highest BCUT2D eigenvalue weighted by atomic mass is 35.5. The molecule has 2 heterocycles. The Morgan fingerprint density at radius 3 is 2.45 bits per heavy atom. The third-order valence-corrected chi connectivity index (χ3v) is 8.02. The summed E-state index contributed by atoms with van der Waals surface area (Å²) in [6.45, 7) is 8.88. The van der Waals surface area contributed by atoms with Crippen molar-refractivity contribution in [2.24, 2.45) is 5.92 Å². The molecule has 2 aliphatic heterocycles. The maximum absolute atomic E-state index is 13.4. The first-order valence-electron chi connectivity index (χ1n) is 13.2. The minimum atomic E-state index is -4.77. The lowest BCUT2D eigenvalue weighted by Gasteiger charge is -2.32. The Kier molecular flexibility index (Phi) is 7.68. The van der Waals surface area contributed by atoms with Gasteiger partial charge in [0.15, 0.2) is 0 Å². The Labute approximate surface area is 236 Å². The second-order valence-corrected chi connectivity index (χ2v) is 11.1. The zero-order valence-electron chi connectivity index (χ0n) is 22.4. The van der Waals surface area contributed by atoms with Crippen LogP contribution in [0.5, 0.6) is 23.0 Å². The summed E-state index contributed by atoms with van der Waals surface area (Å²) in [6.07, 6.45) is -4.32. The van der Waals surface area contributed by atoms with Gasteiger partial charge in [0.05, 0.1) is 5.56 Å². The minimum Gasteiger partial charge on any atom is -0.508 e. The van der Waals surface area contributed by atoms with E-state index in [0.29, 0.717) is 40.7 Å². The molecule has 0 aliphatic carbocycles. The Morgan fingerprint density at radius 2 is 1.80 bits per heavy atom. The lowest BCUT2D eigenvalue weighted by Crippen LogP contribution is -2.35. The summed E-state index contributed by atoms with van der Waals surface area (Å²) in [4.78, 5) is 2.42. The third-order valence-electron chi connectivity index (χ3n) is 7.71. The number of fused-ring (bicyclic) bond motifs is 1. The van der Waals surface area contributed by atoms with E-state index in [-0.39, 0.29) is 22.4 Å². The molecule has 5 nitrogen and oxygen atoms in total. The summed E-state index contributed by atoms with van der Waals surface area (Å²) in [7, 11) is 0. The molecule has 0 saturated carbocycles. The number of aromatic hydroxyl groups is 2. The van der Waals surface area contributed by atoms with Gasteiger partial charge in [-0.3, -0.25) is 4.90 Å². The Balaban J connectivity index is 1.48. The molecular weight excluding hydrogens is 543 g/mol. The molecule has 3 atom stereocenters. The fourth-order valence-corrected chi connectivity index (χ4v) is 5.71. The SMILES string of the molecule is CC1=C(c2cc(O)c(C(F)(F)F)cc2Cl)C(c2ccc(OCC(C)N3CCC(C)C3)cc2)Oc2ccc(O)cc21. The van der Waals surface area contributed by atoms with Crippen LogP contribution in [0.15, 0.2) is 54.6 Å². The molecule has 1 fully saturated rings. The number of hydrogen-bond donors (Lipinski definition) is 2. The van der Waals surface area contributed by atoms with Gasteiger partial charge < -0.3 is 19.7 Å². The molecule has 0 spiro atoms. The van der Waals surface area contributed by atoms with Gasteiger partial charge in [0, 0.05) is 34.3 Å². The van der Waals surface area contributed by atoms with Gasteiger partial charge in [-0.15, -0.1) is 0 Å². The van der Waals surface area contributed by atoms with E-state index in [1.807, 2.05) is 24.3 Å². The number of phenols is 2.